The zero-order chi connectivity index (χ0) is 7.02. The van der Waals surface area contributed by atoms with E-state index in [4.69, 9.17) is 0 Å². The van der Waals surface area contributed by atoms with Crippen LogP contribution >= 0.6 is 0 Å². The largest absolute Gasteiger partial charge is 1.00 e. The van der Waals surface area contributed by atoms with E-state index < -0.39 is 0 Å². The summed E-state index contributed by atoms with van der Waals surface area (Å²) in [4.78, 5) is 0. The Kier molecular flexibility index (Phi) is 2.11. The summed E-state index contributed by atoms with van der Waals surface area (Å²) < 4.78 is 1.64. The maximum absolute atomic E-state index is 2.23. The first-order chi connectivity index (χ1) is 4.13. The molecule has 0 saturated carbocycles. The number of hydrogen-bond acceptors (Lipinski definition) is 0. The van der Waals surface area contributed by atoms with Gasteiger partial charge in [-0.15, -0.1) is 0 Å². The Morgan fingerprint density at radius 3 is 1.89 bits per heavy atom. The van der Waals surface area contributed by atoms with Crippen molar-refractivity contribution in [2.75, 3.05) is 0 Å². The van der Waals surface area contributed by atoms with E-state index in [-0.39, 0.29) is 2.85 Å². The summed E-state index contributed by atoms with van der Waals surface area (Å²) in [5.41, 5.74) is 4.65. The number of allylic oxidation sites excluding steroid dienone is 4. The van der Waals surface area contributed by atoms with Crippen LogP contribution < -0.4 is 0 Å². The van der Waals surface area contributed by atoms with Crippen LogP contribution in [0, 0.1) is 0 Å². The van der Waals surface area contributed by atoms with Gasteiger partial charge in [-0.05, 0) is 0 Å². The summed E-state index contributed by atoms with van der Waals surface area (Å²) >= 11 is 1.59. The number of rotatable bonds is 0. The quantitative estimate of drug-likeness (QED) is 0.564. The third kappa shape index (κ3) is 1.26. The van der Waals surface area contributed by atoms with Gasteiger partial charge in [0.2, 0.25) is 0 Å². The second kappa shape index (κ2) is 2.54. The standard InChI is InChI=1S/C8H11.Zr.2H/c1-6-4-5-7(2)8(6)3;;;/h4H2,1-3H3;;;/q;;2*-1. The Morgan fingerprint density at radius 1 is 1.22 bits per heavy atom. The van der Waals surface area contributed by atoms with Crippen LogP contribution in [0.25, 0.3) is 0 Å². The Bertz CT molecular complexity index is 182. The second-order valence-electron chi connectivity index (χ2n) is 2.69. The molecule has 0 aromatic carbocycles. The Morgan fingerprint density at radius 2 is 1.78 bits per heavy atom. The minimum atomic E-state index is 0. The molecule has 0 aliphatic heterocycles. The van der Waals surface area contributed by atoms with E-state index in [1.807, 2.05) is 0 Å². The van der Waals surface area contributed by atoms with Gasteiger partial charge in [-0.1, -0.05) is 0 Å². The summed E-state index contributed by atoms with van der Waals surface area (Å²) in [6, 6.07) is 0. The van der Waals surface area contributed by atoms with Crippen LogP contribution in [0.15, 0.2) is 20.0 Å². The summed E-state index contributed by atoms with van der Waals surface area (Å²) in [6.07, 6.45) is 1.25. The van der Waals surface area contributed by atoms with Crippen LogP contribution in [0.4, 0.5) is 0 Å². The van der Waals surface area contributed by atoms with Gasteiger partial charge < -0.3 is 2.85 Å². The monoisotopic (exact) mass is 199 g/mol. The molecule has 0 unspecified atom stereocenters. The third-order valence-corrected chi connectivity index (χ3v) is 3.45. The molecule has 1 aliphatic rings. The van der Waals surface area contributed by atoms with E-state index in [1.165, 1.54) is 12.0 Å². The Labute approximate surface area is 74.8 Å². The van der Waals surface area contributed by atoms with Crippen molar-refractivity contribution in [1.82, 2.24) is 0 Å². The molecule has 1 rings (SSSR count). The fourth-order valence-corrected chi connectivity index (χ4v) is 2.19. The first kappa shape index (κ1) is 7.47. The molecule has 0 nitrogen and oxygen atoms in total. The zero-order valence-corrected chi connectivity index (χ0v) is 8.67. The summed E-state index contributed by atoms with van der Waals surface area (Å²) in [6.45, 7) is 6.69. The third-order valence-electron chi connectivity index (χ3n) is 2.10. The molecule has 1 aliphatic carbocycles. The minimum Gasteiger partial charge on any atom is -1.00 e. The van der Waals surface area contributed by atoms with Crippen LogP contribution in [0.5, 0.6) is 0 Å². The first-order valence-electron chi connectivity index (χ1n) is 3.21. The van der Waals surface area contributed by atoms with Crippen molar-refractivity contribution >= 4 is 0 Å². The molecule has 0 amide bonds. The molecule has 0 radical (unpaired) electrons. The van der Waals surface area contributed by atoms with Gasteiger partial charge in [0.15, 0.2) is 0 Å². The van der Waals surface area contributed by atoms with Gasteiger partial charge in [-0.25, -0.2) is 0 Å². The van der Waals surface area contributed by atoms with Crippen LogP contribution in [0.2, 0.25) is 0 Å². The molecule has 0 saturated heterocycles. The van der Waals surface area contributed by atoms with Gasteiger partial charge >= 0.3 is 71.9 Å². The van der Waals surface area contributed by atoms with Crippen molar-refractivity contribution in [3.63, 3.8) is 0 Å². The van der Waals surface area contributed by atoms with Crippen molar-refractivity contribution in [2.24, 2.45) is 0 Å². The molecule has 0 fully saturated rings. The van der Waals surface area contributed by atoms with E-state index in [0.29, 0.717) is 0 Å². The molecule has 9 heavy (non-hydrogen) atoms. The van der Waals surface area contributed by atoms with Crippen LogP contribution in [0.3, 0.4) is 0 Å². The molecule has 51 valence electrons. The second-order valence-corrected chi connectivity index (χ2v) is 4.17. The molecular weight excluding hydrogens is 187 g/mol. The van der Waals surface area contributed by atoms with Gasteiger partial charge in [-0.3, -0.25) is 0 Å². The van der Waals surface area contributed by atoms with E-state index in [2.05, 4.69) is 20.8 Å². The maximum Gasteiger partial charge on any atom is -1.00 e. The fourth-order valence-electron chi connectivity index (χ4n) is 1.08. The van der Waals surface area contributed by atoms with Crippen LogP contribution in [-0.2, 0) is 24.7 Å². The molecule has 1 heteroatoms. The zero-order valence-electron chi connectivity index (χ0n) is 8.21. The fraction of sp³-hybridized carbons (Fsp3) is 0.500. The van der Waals surface area contributed by atoms with E-state index in [0.717, 1.165) is 0 Å². The Hall–Kier alpha value is 0.363. The summed E-state index contributed by atoms with van der Waals surface area (Å²) in [5, 5.41) is 0. The van der Waals surface area contributed by atoms with Gasteiger partial charge in [0.1, 0.15) is 0 Å². The first-order valence-corrected chi connectivity index (χ1v) is 4.44. The molecule has 0 heterocycles. The van der Waals surface area contributed by atoms with Gasteiger partial charge in [0, 0.05) is 0 Å². The van der Waals surface area contributed by atoms with Crippen molar-refractivity contribution in [2.45, 2.75) is 27.2 Å². The number of hydrogen-bond donors (Lipinski definition) is 0. The van der Waals surface area contributed by atoms with Crippen molar-refractivity contribution < 1.29 is 27.6 Å². The predicted molar refractivity (Wildman–Crippen MR) is 37.9 cm³/mol. The topological polar surface area (TPSA) is 0 Å². The molecule has 0 aromatic heterocycles. The molecular formula is C8H13Zr-2. The van der Waals surface area contributed by atoms with Crippen molar-refractivity contribution in [1.29, 1.82) is 0 Å². The van der Waals surface area contributed by atoms with Gasteiger partial charge in [0.25, 0.3) is 0 Å². The van der Waals surface area contributed by atoms with Crippen molar-refractivity contribution in [3.05, 3.63) is 20.0 Å². The normalized spacial score (nSPS) is 19.8. The van der Waals surface area contributed by atoms with Crippen molar-refractivity contribution in [3.8, 4) is 0 Å². The molecule has 0 N–H and O–H groups in total. The molecule has 0 spiro atoms. The van der Waals surface area contributed by atoms with Gasteiger partial charge in [0.05, 0.1) is 0 Å². The van der Waals surface area contributed by atoms with Gasteiger partial charge in [-0.2, -0.15) is 0 Å². The molecule has 0 atom stereocenters. The molecule has 0 bridgehead atoms. The summed E-state index contributed by atoms with van der Waals surface area (Å²) in [5.74, 6) is 0. The average Bonchev–Trinajstić information content (AvgIpc) is 1.98. The van der Waals surface area contributed by atoms with Crippen LogP contribution in [0.1, 0.15) is 30.0 Å². The predicted octanol–water partition coefficient (Wildman–Crippen LogP) is 2.77. The van der Waals surface area contributed by atoms with E-state index >= 15 is 0 Å². The Balaban J connectivity index is 0. The molecule has 0 aromatic rings. The average molecular weight is 200 g/mol. The summed E-state index contributed by atoms with van der Waals surface area (Å²) in [7, 11) is 0. The smallest absolute Gasteiger partial charge is 1.00 e. The van der Waals surface area contributed by atoms with E-state index in [1.54, 1.807) is 39.1 Å². The van der Waals surface area contributed by atoms with Crippen LogP contribution in [-0.4, -0.2) is 0 Å². The minimum absolute atomic E-state index is 0. The van der Waals surface area contributed by atoms with E-state index in [9.17, 15) is 0 Å². The maximum atomic E-state index is 2.23. The SMILES string of the molecule is CC1=C(C)C(C)=[C]([Zr])C1.[H-].[H-].